The predicted molar refractivity (Wildman–Crippen MR) is 39.8 cm³/mol. The molecule has 0 aromatic rings. The van der Waals surface area contributed by atoms with Crippen molar-refractivity contribution in [1.82, 2.24) is 0 Å². The third-order valence-electron chi connectivity index (χ3n) is 1.65. The first-order valence-corrected chi connectivity index (χ1v) is 3.05. The van der Waals surface area contributed by atoms with Crippen molar-refractivity contribution in [3.05, 3.63) is 0 Å². The van der Waals surface area contributed by atoms with Crippen LogP contribution in [0.3, 0.4) is 0 Å². The van der Waals surface area contributed by atoms with Gasteiger partial charge in [0, 0.05) is 5.41 Å². The van der Waals surface area contributed by atoms with Crippen molar-refractivity contribution >= 4 is 12.4 Å². The lowest BCUT2D eigenvalue weighted by atomic mass is 9.85. The second-order valence-electron chi connectivity index (χ2n) is 2.84. The van der Waals surface area contributed by atoms with Crippen LogP contribution in [0.2, 0.25) is 0 Å². The Labute approximate surface area is 62.2 Å². The minimum absolute atomic E-state index is 0. The van der Waals surface area contributed by atoms with Crippen molar-refractivity contribution in [2.45, 2.75) is 13.3 Å². The second kappa shape index (κ2) is 3.40. The normalized spacial score (nSPS) is 22.0. The molecule has 0 spiro atoms. The molecule has 0 aromatic carbocycles. The maximum absolute atomic E-state index is 5.37. The van der Waals surface area contributed by atoms with Gasteiger partial charge in [-0.15, -0.1) is 12.4 Å². The van der Waals surface area contributed by atoms with Gasteiger partial charge in [-0.25, -0.2) is 0 Å². The Morgan fingerprint density at radius 1 is 1.56 bits per heavy atom. The molecule has 1 aliphatic rings. The van der Waals surface area contributed by atoms with Gasteiger partial charge in [0.05, 0.1) is 13.2 Å². The topological polar surface area (TPSA) is 35.2 Å². The summed E-state index contributed by atoms with van der Waals surface area (Å²) in [5.74, 6) is 0. The summed E-state index contributed by atoms with van der Waals surface area (Å²) >= 11 is 0. The molecule has 2 N–H and O–H groups in total. The van der Waals surface area contributed by atoms with Gasteiger partial charge in [0.2, 0.25) is 0 Å². The Morgan fingerprint density at radius 2 is 2.11 bits per heavy atom. The summed E-state index contributed by atoms with van der Waals surface area (Å²) in [4.78, 5) is 0. The minimum atomic E-state index is 0. The SMILES string of the molecule is CC1(CCN)COC1.Cl. The number of halogens is 1. The Kier molecular flexibility index (Phi) is 3.48. The molecule has 0 unspecified atom stereocenters. The van der Waals surface area contributed by atoms with Crippen LogP contribution in [-0.4, -0.2) is 19.8 Å². The first kappa shape index (κ1) is 9.21. The Bertz CT molecular complexity index is 83.1. The van der Waals surface area contributed by atoms with Crippen LogP contribution in [0.5, 0.6) is 0 Å². The molecule has 1 heterocycles. The van der Waals surface area contributed by atoms with E-state index in [2.05, 4.69) is 6.92 Å². The van der Waals surface area contributed by atoms with Gasteiger partial charge in [-0.3, -0.25) is 0 Å². The number of ether oxygens (including phenoxy) is 1. The maximum Gasteiger partial charge on any atom is 0.0542 e. The van der Waals surface area contributed by atoms with Crippen LogP contribution in [0, 0.1) is 5.41 Å². The quantitative estimate of drug-likeness (QED) is 0.634. The lowest BCUT2D eigenvalue weighted by Gasteiger charge is -2.37. The van der Waals surface area contributed by atoms with Gasteiger partial charge in [0.15, 0.2) is 0 Å². The van der Waals surface area contributed by atoms with E-state index >= 15 is 0 Å². The summed E-state index contributed by atoms with van der Waals surface area (Å²) < 4.78 is 5.03. The van der Waals surface area contributed by atoms with Crippen LogP contribution in [0.1, 0.15) is 13.3 Å². The molecule has 9 heavy (non-hydrogen) atoms. The average molecular weight is 152 g/mol. The van der Waals surface area contributed by atoms with Crippen molar-refractivity contribution in [1.29, 1.82) is 0 Å². The predicted octanol–water partition coefficient (Wildman–Crippen LogP) is 0.793. The van der Waals surface area contributed by atoms with Crippen molar-refractivity contribution < 1.29 is 4.74 Å². The van der Waals surface area contributed by atoms with E-state index in [0.29, 0.717) is 5.41 Å². The summed E-state index contributed by atoms with van der Waals surface area (Å²) in [6.07, 6.45) is 1.10. The summed E-state index contributed by atoms with van der Waals surface area (Å²) in [6, 6.07) is 0. The molecular formula is C6H14ClNO. The zero-order valence-corrected chi connectivity index (χ0v) is 6.54. The first-order chi connectivity index (χ1) is 3.77. The molecule has 0 aromatic heterocycles. The van der Waals surface area contributed by atoms with Crippen LogP contribution in [0.4, 0.5) is 0 Å². The van der Waals surface area contributed by atoms with Crippen LogP contribution in [-0.2, 0) is 4.74 Å². The number of nitrogens with two attached hydrogens (primary N) is 1. The molecule has 3 heteroatoms. The minimum Gasteiger partial charge on any atom is -0.380 e. The van der Waals surface area contributed by atoms with Gasteiger partial charge in [0.1, 0.15) is 0 Å². The van der Waals surface area contributed by atoms with E-state index < -0.39 is 0 Å². The number of hydrogen-bond acceptors (Lipinski definition) is 2. The van der Waals surface area contributed by atoms with Gasteiger partial charge in [-0.1, -0.05) is 6.92 Å². The molecule has 0 saturated carbocycles. The molecule has 0 radical (unpaired) electrons. The first-order valence-electron chi connectivity index (χ1n) is 3.05. The van der Waals surface area contributed by atoms with Crippen LogP contribution in [0.25, 0.3) is 0 Å². The van der Waals surface area contributed by atoms with E-state index in [1.165, 1.54) is 0 Å². The summed E-state index contributed by atoms with van der Waals surface area (Å²) in [6.45, 7) is 4.82. The fourth-order valence-corrected chi connectivity index (χ4v) is 0.943. The molecule has 0 aliphatic carbocycles. The van der Waals surface area contributed by atoms with E-state index in [-0.39, 0.29) is 12.4 Å². The Balaban J connectivity index is 0.000000640. The molecule has 2 nitrogen and oxygen atoms in total. The summed E-state index contributed by atoms with van der Waals surface area (Å²) in [5.41, 5.74) is 5.79. The Morgan fingerprint density at radius 3 is 2.22 bits per heavy atom. The highest BCUT2D eigenvalue weighted by molar-refractivity contribution is 5.85. The standard InChI is InChI=1S/C6H13NO.ClH/c1-6(2-3-7)4-8-5-6;/h2-5,7H2,1H3;1H. The van der Waals surface area contributed by atoms with E-state index in [1.54, 1.807) is 0 Å². The van der Waals surface area contributed by atoms with E-state index in [9.17, 15) is 0 Å². The monoisotopic (exact) mass is 151 g/mol. The van der Waals surface area contributed by atoms with Gasteiger partial charge in [0.25, 0.3) is 0 Å². The molecule has 1 fully saturated rings. The van der Waals surface area contributed by atoms with Gasteiger partial charge < -0.3 is 10.5 Å². The Hall–Kier alpha value is 0.210. The summed E-state index contributed by atoms with van der Waals surface area (Å²) in [5, 5.41) is 0. The lowest BCUT2D eigenvalue weighted by molar-refractivity contribution is -0.104. The average Bonchev–Trinajstić information content (AvgIpc) is 1.64. The zero-order valence-electron chi connectivity index (χ0n) is 5.72. The van der Waals surface area contributed by atoms with Crippen LogP contribution >= 0.6 is 12.4 Å². The molecule has 0 amide bonds. The molecule has 1 saturated heterocycles. The summed E-state index contributed by atoms with van der Waals surface area (Å²) in [7, 11) is 0. The van der Waals surface area contributed by atoms with E-state index in [0.717, 1.165) is 26.2 Å². The van der Waals surface area contributed by atoms with Crippen molar-refractivity contribution in [2.75, 3.05) is 19.8 Å². The molecule has 0 bridgehead atoms. The van der Waals surface area contributed by atoms with E-state index in [1.807, 2.05) is 0 Å². The third-order valence-corrected chi connectivity index (χ3v) is 1.65. The number of hydrogen-bond donors (Lipinski definition) is 1. The smallest absolute Gasteiger partial charge is 0.0542 e. The fraction of sp³-hybridized carbons (Fsp3) is 1.00. The van der Waals surface area contributed by atoms with Gasteiger partial charge >= 0.3 is 0 Å². The van der Waals surface area contributed by atoms with Crippen molar-refractivity contribution in [3.8, 4) is 0 Å². The molecule has 1 aliphatic heterocycles. The van der Waals surface area contributed by atoms with Crippen molar-refractivity contribution in [2.24, 2.45) is 11.1 Å². The number of rotatable bonds is 2. The second-order valence-corrected chi connectivity index (χ2v) is 2.84. The largest absolute Gasteiger partial charge is 0.380 e. The lowest BCUT2D eigenvalue weighted by Crippen LogP contribution is -2.41. The fourth-order valence-electron chi connectivity index (χ4n) is 0.943. The molecular weight excluding hydrogens is 138 g/mol. The van der Waals surface area contributed by atoms with Crippen LogP contribution in [0.15, 0.2) is 0 Å². The highest BCUT2D eigenvalue weighted by atomic mass is 35.5. The van der Waals surface area contributed by atoms with Crippen molar-refractivity contribution in [3.63, 3.8) is 0 Å². The highest BCUT2D eigenvalue weighted by Gasteiger charge is 2.31. The maximum atomic E-state index is 5.37. The van der Waals surface area contributed by atoms with Gasteiger partial charge in [-0.05, 0) is 13.0 Å². The van der Waals surface area contributed by atoms with Gasteiger partial charge in [-0.2, -0.15) is 0 Å². The third kappa shape index (κ3) is 2.12. The highest BCUT2D eigenvalue weighted by Crippen LogP contribution is 2.29. The molecule has 56 valence electrons. The zero-order chi connectivity index (χ0) is 6.04. The van der Waals surface area contributed by atoms with Crippen LogP contribution < -0.4 is 5.73 Å². The van der Waals surface area contributed by atoms with E-state index in [4.69, 9.17) is 10.5 Å². The molecule has 0 atom stereocenters. The molecule has 1 rings (SSSR count).